The van der Waals surface area contributed by atoms with Crippen molar-refractivity contribution in [2.75, 3.05) is 28.7 Å². The molecule has 0 aliphatic carbocycles. The zero-order valence-electron chi connectivity index (χ0n) is 15.9. The Bertz CT molecular complexity index is 973. The number of ether oxygens (including phenoxy) is 1. The smallest absolute Gasteiger partial charge is 0.338 e. The zero-order chi connectivity index (χ0) is 21.3. The quantitative estimate of drug-likeness (QED) is 0.603. The van der Waals surface area contributed by atoms with Gasteiger partial charge in [0.15, 0.2) is 9.84 Å². The average molecular weight is 418 g/mol. The van der Waals surface area contributed by atoms with Crippen LogP contribution in [-0.4, -0.2) is 44.3 Å². The Hall–Kier alpha value is -3.20. The van der Waals surface area contributed by atoms with E-state index in [-0.39, 0.29) is 17.9 Å². The molecule has 29 heavy (non-hydrogen) atoms. The minimum absolute atomic E-state index is 0.237. The van der Waals surface area contributed by atoms with Crippen LogP contribution in [-0.2, 0) is 24.2 Å². The molecule has 9 heteroatoms. The topological polar surface area (TPSA) is 119 Å². The first-order chi connectivity index (χ1) is 13.8. The number of anilines is 2. The molecule has 0 heterocycles. The van der Waals surface area contributed by atoms with Gasteiger partial charge in [-0.2, -0.15) is 0 Å². The fourth-order valence-electron chi connectivity index (χ4n) is 2.37. The van der Waals surface area contributed by atoms with E-state index < -0.39 is 39.1 Å². The summed E-state index contributed by atoms with van der Waals surface area (Å²) < 4.78 is 29.3. The van der Waals surface area contributed by atoms with Gasteiger partial charge in [0.05, 0.1) is 12.2 Å². The Morgan fingerprint density at radius 1 is 0.862 bits per heavy atom. The van der Waals surface area contributed by atoms with E-state index >= 15 is 0 Å². The number of carbonyl (C=O) groups is 3. The molecule has 2 amide bonds. The molecule has 0 aliphatic rings. The van der Waals surface area contributed by atoms with E-state index in [0.29, 0.717) is 12.1 Å². The highest BCUT2D eigenvalue weighted by atomic mass is 32.2. The SMILES string of the molecule is CCCOC(=O)c1cccc(NC(=O)CS(=O)(=O)CC(=O)Nc2ccccc2)c1. The number of para-hydroxylation sites is 1. The third-order valence-corrected chi connectivity index (χ3v) is 4.98. The van der Waals surface area contributed by atoms with E-state index in [2.05, 4.69) is 10.6 Å². The maximum atomic E-state index is 12.1. The van der Waals surface area contributed by atoms with Gasteiger partial charge in [-0.05, 0) is 36.8 Å². The van der Waals surface area contributed by atoms with Crippen LogP contribution in [0, 0.1) is 0 Å². The summed E-state index contributed by atoms with van der Waals surface area (Å²) in [6.07, 6.45) is 0.678. The predicted octanol–water partition coefficient (Wildman–Crippen LogP) is 2.25. The molecule has 2 aromatic rings. The van der Waals surface area contributed by atoms with Crippen LogP contribution in [0.2, 0.25) is 0 Å². The molecule has 0 aromatic heterocycles. The summed E-state index contributed by atoms with van der Waals surface area (Å²) in [5, 5.41) is 4.87. The van der Waals surface area contributed by atoms with Gasteiger partial charge in [-0.25, -0.2) is 13.2 Å². The molecule has 2 N–H and O–H groups in total. The van der Waals surface area contributed by atoms with E-state index in [1.54, 1.807) is 36.4 Å². The van der Waals surface area contributed by atoms with Crippen molar-refractivity contribution in [2.45, 2.75) is 13.3 Å². The molecule has 2 rings (SSSR count). The first-order valence-corrected chi connectivity index (χ1v) is 10.7. The largest absolute Gasteiger partial charge is 0.462 e. The van der Waals surface area contributed by atoms with Crippen molar-refractivity contribution in [1.29, 1.82) is 0 Å². The summed E-state index contributed by atoms with van der Waals surface area (Å²) >= 11 is 0. The van der Waals surface area contributed by atoms with Crippen molar-refractivity contribution in [3.05, 3.63) is 60.2 Å². The molecule has 0 atom stereocenters. The van der Waals surface area contributed by atoms with Gasteiger partial charge in [-0.1, -0.05) is 31.2 Å². The summed E-state index contributed by atoms with van der Waals surface area (Å²) in [5.41, 5.74) is 0.954. The van der Waals surface area contributed by atoms with Gasteiger partial charge in [0.1, 0.15) is 11.5 Å². The minimum atomic E-state index is -3.97. The van der Waals surface area contributed by atoms with E-state index in [1.807, 2.05) is 6.92 Å². The van der Waals surface area contributed by atoms with Crippen LogP contribution in [0.25, 0.3) is 0 Å². The number of hydrogen-bond acceptors (Lipinski definition) is 6. The summed E-state index contributed by atoms with van der Waals surface area (Å²) in [6.45, 7) is 2.14. The van der Waals surface area contributed by atoms with Gasteiger partial charge in [-0.15, -0.1) is 0 Å². The van der Waals surface area contributed by atoms with Crippen molar-refractivity contribution in [3.63, 3.8) is 0 Å². The van der Waals surface area contributed by atoms with E-state index in [1.165, 1.54) is 18.2 Å². The molecule has 2 aromatic carbocycles. The summed E-state index contributed by atoms with van der Waals surface area (Å²) in [4.78, 5) is 35.8. The monoisotopic (exact) mass is 418 g/mol. The van der Waals surface area contributed by atoms with Crippen molar-refractivity contribution < 1.29 is 27.5 Å². The maximum absolute atomic E-state index is 12.1. The summed E-state index contributed by atoms with van der Waals surface area (Å²) in [5.74, 6) is -3.76. The van der Waals surface area contributed by atoms with Crippen molar-refractivity contribution in [3.8, 4) is 0 Å². The Morgan fingerprint density at radius 2 is 1.45 bits per heavy atom. The lowest BCUT2D eigenvalue weighted by Gasteiger charge is -2.09. The number of amides is 2. The van der Waals surface area contributed by atoms with Crippen molar-refractivity contribution in [1.82, 2.24) is 0 Å². The molecule has 0 radical (unpaired) electrons. The first-order valence-electron chi connectivity index (χ1n) is 8.91. The second kappa shape index (κ2) is 10.4. The maximum Gasteiger partial charge on any atom is 0.338 e. The molecule has 8 nitrogen and oxygen atoms in total. The molecule has 0 fully saturated rings. The number of hydrogen-bond donors (Lipinski definition) is 2. The average Bonchev–Trinajstić information content (AvgIpc) is 2.65. The van der Waals surface area contributed by atoms with Crippen molar-refractivity contribution in [2.24, 2.45) is 0 Å². The highest BCUT2D eigenvalue weighted by molar-refractivity contribution is 7.92. The van der Waals surface area contributed by atoms with Crippen LogP contribution in [0.3, 0.4) is 0 Å². The lowest BCUT2D eigenvalue weighted by atomic mass is 10.2. The second-order valence-electron chi connectivity index (χ2n) is 6.21. The standard InChI is InChI=1S/C20H22N2O6S/c1-2-11-28-20(25)15-7-6-10-17(12-15)22-19(24)14-29(26,27)13-18(23)21-16-8-4-3-5-9-16/h3-10,12H,2,11,13-14H2,1H3,(H,21,23)(H,22,24). The van der Waals surface area contributed by atoms with Gasteiger partial charge >= 0.3 is 5.97 Å². The predicted molar refractivity (Wildman–Crippen MR) is 109 cm³/mol. The number of nitrogens with one attached hydrogen (secondary N) is 2. The van der Waals surface area contributed by atoms with Crippen LogP contribution >= 0.6 is 0 Å². The molecule has 0 unspecified atom stereocenters. The number of benzene rings is 2. The van der Waals surface area contributed by atoms with Gasteiger partial charge in [0.2, 0.25) is 11.8 Å². The normalized spacial score (nSPS) is 10.8. The number of esters is 1. The van der Waals surface area contributed by atoms with E-state index in [0.717, 1.165) is 0 Å². The first kappa shape index (κ1) is 22.1. The lowest BCUT2D eigenvalue weighted by molar-refractivity contribution is -0.114. The van der Waals surface area contributed by atoms with Gasteiger partial charge in [0, 0.05) is 11.4 Å². The molecular formula is C20H22N2O6S. The molecule has 0 bridgehead atoms. The molecule has 0 saturated carbocycles. The number of carbonyl (C=O) groups excluding carboxylic acids is 3. The highest BCUT2D eigenvalue weighted by Crippen LogP contribution is 2.12. The Labute approximate surface area is 169 Å². The Balaban J connectivity index is 1.92. The Kier molecular flexibility index (Phi) is 7.90. The molecule has 154 valence electrons. The van der Waals surface area contributed by atoms with Crippen LogP contribution in [0.15, 0.2) is 54.6 Å². The molecular weight excluding hydrogens is 396 g/mol. The number of sulfone groups is 1. The van der Waals surface area contributed by atoms with Gasteiger partial charge in [-0.3, -0.25) is 9.59 Å². The van der Waals surface area contributed by atoms with Crippen LogP contribution in [0.1, 0.15) is 23.7 Å². The van der Waals surface area contributed by atoms with Crippen molar-refractivity contribution >= 4 is 39.0 Å². The van der Waals surface area contributed by atoms with Crippen LogP contribution in [0.4, 0.5) is 11.4 Å². The fourth-order valence-corrected chi connectivity index (χ4v) is 3.41. The van der Waals surface area contributed by atoms with Gasteiger partial charge < -0.3 is 15.4 Å². The molecule has 0 aliphatic heterocycles. The van der Waals surface area contributed by atoms with Crippen LogP contribution in [0.5, 0.6) is 0 Å². The number of rotatable bonds is 9. The third kappa shape index (κ3) is 7.74. The third-order valence-electron chi connectivity index (χ3n) is 3.58. The molecule has 0 saturated heterocycles. The second-order valence-corrected chi connectivity index (χ2v) is 8.28. The summed E-state index contributed by atoms with van der Waals surface area (Å²) in [7, 11) is -3.97. The fraction of sp³-hybridized carbons (Fsp3) is 0.250. The van der Waals surface area contributed by atoms with E-state index in [9.17, 15) is 22.8 Å². The van der Waals surface area contributed by atoms with Crippen LogP contribution < -0.4 is 10.6 Å². The van der Waals surface area contributed by atoms with E-state index in [4.69, 9.17) is 4.74 Å². The highest BCUT2D eigenvalue weighted by Gasteiger charge is 2.21. The van der Waals surface area contributed by atoms with Gasteiger partial charge in [0.25, 0.3) is 0 Å². The minimum Gasteiger partial charge on any atom is -0.462 e. The Morgan fingerprint density at radius 3 is 2.07 bits per heavy atom. The summed E-state index contributed by atoms with van der Waals surface area (Å²) in [6, 6.07) is 14.4. The molecule has 0 spiro atoms. The lowest BCUT2D eigenvalue weighted by Crippen LogP contribution is -2.30. The zero-order valence-corrected chi connectivity index (χ0v) is 16.7.